The molecule has 2 rings (SSSR count). The van der Waals surface area contributed by atoms with Crippen molar-refractivity contribution < 1.29 is 28.0 Å². The van der Waals surface area contributed by atoms with Gasteiger partial charge in [-0.15, -0.1) is 0 Å². The van der Waals surface area contributed by atoms with Crippen molar-refractivity contribution in [3.8, 4) is 0 Å². The van der Waals surface area contributed by atoms with Gasteiger partial charge in [0.05, 0.1) is 16.6 Å². The summed E-state index contributed by atoms with van der Waals surface area (Å²) in [5, 5.41) is 22.9. The Balaban J connectivity index is 1.95. The zero-order chi connectivity index (χ0) is 18.6. The van der Waals surface area contributed by atoms with Crippen LogP contribution >= 0.6 is 0 Å². The molecule has 0 heterocycles. The average Bonchev–Trinajstić information content (AvgIpc) is 2.58. The molecule has 0 bridgehead atoms. The first kappa shape index (κ1) is 18.4. The summed E-state index contributed by atoms with van der Waals surface area (Å²) >= 11 is 0. The van der Waals surface area contributed by atoms with Gasteiger partial charge in [-0.2, -0.15) is 13.2 Å². The van der Waals surface area contributed by atoms with Gasteiger partial charge in [-0.1, -0.05) is 0 Å². The van der Waals surface area contributed by atoms with E-state index in [1.165, 1.54) is 24.3 Å². The van der Waals surface area contributed by atoms with Crippen molar-refractivity contribution in [2.75, 3.05) is 6.54 Å². The van der Waals surface area contributed by atoms with E-state index in [1.54, 1.807) is 0 Å². The number of amides is 1. The number of rotatable bonds is 5. The molecule has 0 spiro atoms. The summed E-state index contributed by atoms with van der Waals surface area (Å²) in [7, 11) is 0. The van der Waals surface area contributed by atoms with Crippen LogP contribution in [0.25, 0.3) is 0 Å². The predicted molar refractivity (Wildman–Crippen MR) is 81.8 cm³/mol. The number of nitrogens with one attached hydrogen (secondary N) is 1. The van der Waals surface area contributed by atoms with E-state index in [9.17, 15) is 33.2 Å². The van der Waals surface area contributed by atoms with Gasteiger partial charge in [0, 0.05) is 24.2 Å². The largest absolute Gasteiger partial charge is 0.416 e. The van der Waals surface area contributed by atoms with Crippen LogP contribution in [0.4, 0.5) is 18.9 Å². The Bertz CT molecular complexity index is 758. The minimum Gasteiger partial charge on any atom is -0.387 e. The number of aliphatic hydroxyl groups is 1. The first-order chi connectivity index (χ1) is 11.7. The van der Waals surface area contributed by atoms with Crippen LogP contribution < -0.4 is 5.32 Å². The molecule has 6 nitrogen and oxygen atoms in total. The normalized spacial score (nSPS) is 12.5. The quantitative estimate of drug-likeness (QED) is 0.637. The third kappa shape index (κ3) is 4.77. The minimum absolute atomic E-state index is 0.0175. The molecule has 25 heavy (non-hydrogen) atoms. The van der Waals surface area contributed by atoms with Crippen molar-refractivity contribution >= 4 is 11.6 Å². The molecular weight excluding hydrogens is 341 g/mol. The van der Waals surface area contributed by atoms with Crippen LogP contribution in [-0.2, 0) is 6.18 Å². The number of alkyl halides is 3. The van der Waals surface area contributed by atoms with Crippen molar-refractivity contribution in [1.29, 1.82) is 0 Å². The summed E-state index contributed by atoms with van der Waals surface area (Å²) in [5.41, 5.74) is -0.623. The maximum Gasteiger partial charge on any atom is 0.416 e. The average molecular weight is 354 g/mol. The summed E-state index contributed by atoms with van der Waals surface area (Å²) in [6, 6.07) is 8.81. The number of non-ortho nitro benzene ring substituents is 1. The lowest BCUT2D eigenvalue weighted by Crippen LogP contribution is -2.28. The van der Waals surface area contributed by atoms with Crippen LogP contribution in [0.2, 0.25) is 0 Å². The van der Waals surface area contributed by atoms with Gasteiger partial charge in [-0.05, 0) is 42.0 Å². The van der Waals surface area contributed by atoms with Gasteiger partial charge in [0.1, 0.15) is 0 Å². The zero-order valence-corrected chi connectivity index (χ0v) is 12.7. The Hall–Kier alpha value is -2.94. The molecule has 0 aliphatic rings. The monoisotopic (exact) mass is 354 g/mol. The van der Waals surface area contributed by atoms with Crippen molar-refractivity contribution in [2.45, 2.75) is 12.3 Å². The van der Waals surface area contributed by atoms with Gasteiger partial charge in [-0.25, -0.2) is 0 Å². The van der Waals surface area contributed by atoms with Crippen LogP contribution in [0, 0.1) is 10.1 Å². The van der Waals surface area contributed by atoms with Gasteiger partial charge in [0.2, 0.25) is 0 Å². The van der Waals surface area contributed by atoms with E-state index in [2.05, 4.69) is 5.32 Å². The van der Waals surface area contributed by atoms with E-state index in [4.69, 9.17) is 0 Å². The molecule has 2 aromatic carbocycles. The summed E-state index contributed by atoms with van der Waals surface area (Å²) in [6.07, 6.45) is -5.60. The lowest BCUT2D eigenvalue weighted by Gasteiger charge is -2.12. The van der Waals surface area contributed by atoms with E-state index in [-0.39, 0.29) is 17.8 Å². The SMILES string of the molecule is O=C(NCC(O)c1ccc([N+](=O)[O-])cc1)c1ccc(C(F)(F)F)cc1. The summed E-state index contributed by atoms with van der Waals surface area (Å²) < 4.78 is 37.4. The van der Waals surface area contributed by atoms with E-state index in [0.29, 0.717) is 5.56 Å². The number of hydrogen-bond acceptors (Lipinski definition) is 4. The number of hydrogen-bond donors (Lipinski definition) is 2. The molecule has 0 fully saturated rings. The number of carbonyl (C=O) groups is 1. The molecular formula is C16H13F3N2O4. The molecule has 0 radical (unpaired) electrons. The summed E-state index contributed by atoms with van der Waals surface area (Å²) in [5.74, 6) is -0.644. The Morgan fingerprint density at radius 3 is 2.16 bits per heavy atom. The maximum atomic E-state index is 12.5. The van der Waals surface area contributed by atoms with E-state index in [0.717, 1.165) is 24.3 Å². The molecule has 2 N–H and O–H groups in total. The molecule has 1 atom stereocenters. The Kier molecular flexibility index (Phi) is 5.38. The first-order valence-electron chi connectivity index (χ1n) is 7.06. The fourth-order valence-electron chi connectivity index (χ4n) is 2.04. The molecule has 0 saturated carbocycles. The lowest BCUT2D eigenvalue weighted by molar-refractivity contribution is -0.384. The van der Waals surface area contributed by atoms with Crippen LogP contribution in [0.5, 0.6) is 0 Å². The molecule has 132 valence electrons. The van der Waals surface area contributed by atoms with E-state index < -0.39 is 28.7 Å². The molecule has 1 unspecified atom stereocenters. The number of aliphatic hydroxyl groups excluding tert-OH is 1. The van der Waals surface area contributed by atoms with E-state index >= 15 is 0 Å². The number of benzene rings is 2. The number of nitro groups is 1. The third-order valence-corrected chi connectivity index (χ3v) is 3.42. The second-order valence-corrected chi connectivity index (χ2v) is 5.15. The molecule has 2 aromatic rings. The van der Waals surface area contributed by atoms with Crippen molar-refractivity contribution in [1.82, 2.24) is 5.32 Å². The lowest BCUT2D eigenvalue weighted by atomic mass is 10.1. The van der Waals surface area contributed by atoms with Gasteiger partial charge in [0.25, 0.3) is 11.6 Å². The number of halogens is 3. The van der Waals surface area contributed by atoms with Crippen LogP contribution in [0.1, 0.15) is 27.6 Å². The van der Waals surface area contributed by atoms with Crippen molar-refractivity contribution in [3.63, 3.8) is 0 Å². The van der Waals surface area contributed by atoms with Crippen molar-refractivity contribution in [2.24, 2.45) is 0 Å². The highest BCUT2D eigenvalue weighted by atomic mass is 19.4. The third-order valence-electron chi connectivity index (χ3n) is 3.42. The smallest absolute Gasteiger partial charge is 0.387 e. The van der Waals surface area contributed by atoms with Crippen LogP contribution in [-0.4, -0.2) is 22.5 Å². The zero-order valence-electron chi connectivity index (χ0n) is 12.7. The van der Waals surface area contributed by atoms with Crippen LogP contribution in [0.3, 0.4) is 0 Å². The first-order valence-corrected chi connectivity index (χ1v) is 7.06. The fourth-order valence-corrected chi connectivity index (χ4v) is 2.04. The van der Waals surface area contributed by atoms with Gasteiger partial charge in [0.15, 0.2) is 0 Å². The molecule has 1 amide bonds. The fraction of sp³-hybridized carbons (Fsp3) is 0.188. The van der Waals surface area contributed by atoms with Gasteiger partial charge < -0.3 is 10.4 Å². The molecule has 0 aromatic heterocycles. The van der Waals surface area contributed by atoms with E-state index in [1.807, 2.05) is 0 Å². The van der Waals surface area contributed by atoms with Crippen molar-refractivity contribution in [3.05, 3.63) is 75.3 Å². The Labute approximate surface area is 140 Å². The van der Waals surface area contributed by atoms with Gasteiger partial charge in [-0.3, -0.25) is 14.9 Å². The number of nitro benzene ring substituents is 1. The highest BCUT2D eigenvalue weighted by molar-refractivity contribution is 5.94. The molecule has 0 aliphatic carbocycles. The molecule has 0 saturated heterocycles. The Morgan fingerprint density at radius 1 is 1.12 bits per heavy atom. The second kappa shape index (κ2) is 7.31. The summed E-state index contributed by atoms with van der Waals surface area (Å²) in [4.78, 5) is 21.9. The number of nitrogens with zero attached hydrogens (tertiary/aromatic N) is 1. The highest BCUT2D eigenvalue weighted by Gasteiger charge is 2.30. The second-order valence-electron chi connectivity index (χ2n) is 5.15. The molecule has 9 heteroatoms. The highest BCUT2D eigenvalue weighted by Crippen LogP contribution is 2.29. The Morgan fingerprint density at radius 2 is 1.68 bits per heavy atom. The molecule has 0 aliphatic heterocycles. The van der Waals surface area contributed by atoms with Gasteiger partial charge >= 0.3 is 6.18 Å². The topological polar surface area (TPSA) is 92.5 Å². The predicted octanol–water partition coefficient (Wildman–Crippen LogP) is 3.08. The number of carbonyl (C=O) groups excluding carboxylic acids is 1. The minimum atomic E-state index is -4.48. The van der Waals surface area contributed by atoms with Crippen LogP contribution in [0.15, 0.2) is 48.5 Å². The summed E-state index contributed by atoms with van der Waals surface area (Å²) in [6.45, 7) is -0.197. The standard InChI is InChI=1S/C16H13F3N2O4/c17-16(18,19)12-5-1-11(2-6-12)15(23)20-9-14(22)10-3-7-13(8-4-10)21(24)25/h1-8,14,22H,9H2,(H,20,23). The maximum absolute atomic E-state index is 12.5.